The van der Waals surface area contributed by atoms with Gasteiger partial charge < -0.3 is 5.32 Å². The van der Waals surface area contributed by atoms with Crippen molar-refractivity contribution in [3.05, 3.63) is 75.4 Å². The summed E-state index contributed by atoms with van der Waals surface area (Å²) < 4.78 is 2.05. The maximum absolute atomic E-state index is 12.7. The molecular weight excluding hydrogens is 390 g/mol. The average Bonchev–Trinajstić information content (AvgIpc) is 3.28. The molecule has 0 spiro atoms. The molecule has 0 saturated heterocycles. The number of carbonyl (C=O) groups excluding carboxylic acids is 1. The molecule has 0 fully saturated rings. The number of hydrogen-bond acceptors (Lipinski definition) is 3. The van der Waals surface area contributed by atoms with E-state index >= 15 is 0 Å². The van der Waals surface area contributed by atoms with Crippen LogP contribution in [0, 0.1) is 13.8 Å². The van der Waals surface area contributed by atoms with Crippen molar-refractivity contribution in [1.29, 1.82) is 0 Å². The molecule has 1 aliphatic rings. The van der Waals surface area contributed by atoms with Crippen LogP contribution in [0.4, 0.5) is 5.69 Å². The largest absolute Gasteiger partial charge is 0.321 e. The van der Waals surface area contributed by atoms with E-state index in [1.165, 1.54) is 5.56 Å². The molecule has 1 aliphatic heterocycles. The first-order valence-corrected chi connectivity index (χ1v) is 10.1. The number of hydrogen-bond donors (Lipinski definition) is 1. The van der Waals surface area contributed by atoms with Crippen LogP contribution < -0.4 is 5.32 Å². The zero-order valence-corrected chi connectivity index (χ0v) is 16.9. The standard InChI is InChI=1S/C22H16ClN3OS/c1-12-3-5-14(6-4-12)20-19(26-11-13(2)28-22(26)25-20)10-17-16-9-15(23)7-8-18(16)24-21(17)27/h3-11H,1-2H3,(H,24,27)/b17-10-. The Balaban J connectivity index is 1.76. The van der Waals surface area contributed by atoms with Crippen LogP contribution in [0.5, 0.6) is 0 Å². The molecule has 4 nitrogen and oxygen atoms in total. The van der Waals surface area contributed by atoms with E-state index in [0.29, 0.717) is 10.6 Å². The minimum Gasteiger partial charge on any atom is -0.321 e. The Morgan fingerprint density at radius 1 is 1.14 bits per heavy atom. The van der Waals surface area contributed by atoms with Gasteiger partial charge in [0.15, 0.2) is 4.96 Å². The van der Waals surface area contributed by atoms with E-state index in [1.807, 2.05) is 18.2 Å². The summed E-state index contributed by atoms with van der Waals surface area (Å²) in [5.41, 5.74) is 6.16. The van der Waals surface area contributed by atoms with Crippen molar-refractivity contribution >= 4 is 51.1 Å². The molecule has 5 rings (SSSR count). The van der Waals surface area contributed by atoms with Crippen LogP contribution in [0.15, 0.2) is 48.7 Å². The molecule has 0 bridgehead atoms. The van der Waals surface area contributed by atoms with E-state index in [9.17, 15) is 4.79 Å². The van der Waals surface area contributed by atoms with Crippen LogP contribution in [0.25, 0.3) is 27.9 Å². The van der Waals surface area contributed by atoms with Gasteiger partial charge in [-0.2, -0.15) is 0 Å². The van der Waals surface area contributed by atoms with Gasteiger partial charge in [-0.05, 0) is 38.1 Å². The number of nitrogens with zero attached hydrogens (tertiary/aromatic N) is 2. The van der Waals surface area contributed by atoms with Gasteiger partial charge in [-0.1, -0.05) is 41.4 Å². The molecule has 1 N–H and O–H groups in total. The Hall–Kier alpha value is -2.89. The first-order chi connectivity index (χ1) is 13.5. The van der Waals surface area contributed by atoms with Crippen molar-refractivity contribution in [3.8, 4) is 11.3 Å². The van der Waals surface area contributed by atoms with Crippen LogP contribution in [-0.2, 0) is 4.79 Å². The molecule has 0 aliphatic carbocycles. The number of imidazole rings is 1. The number of thiazole rings is 1. The molecule has 0 saturated carbocycles. The first-order valence-electron chi connectivity index (χ1n) is 8.88. The second-order valence-corrected chi connectivity index (χ2v) is 8.56. The predicted octanol–water partition coefficient (Wildman–Crippen LogP) is 5.83. The molecule has 0 radical (unpaired) electrons. The summed E-state index contributed by atoms with van der Waals surface area (Å²) >= 11 is 7.81. The predicted molar refractivity (Wildman–Crippen MR) is 116 cm³/mol. The van der Waals surface area contributed by atoms with Crippen molar-refractivity contribution in [3.63, 3.8) is 0 Å². The highest BCUT2D eigenvalue weighted by Crippen LogP contribution is 2.37. The molecule has 138 valence electrons. The second kappa shape index (κ2) is 6.33. The van der Waals surface area contributed by atoms with Crippen LogP contribution >= 0.6 is 22.9 Å². The van der Waals surface area contributed by atoms with E-state index in [-0.39, 0.29) is 5.91 Å². The minimum atomic E-state index is -0.131. The van der Waals surface area contributed by atoms with E-state index in [1.54, 1.807) is 17.4 Å². The Morgan fingerprint density at radius 2 is 1.93 bits per heavy atom. The summed E-state index contributed by atoms with van der Waals surface area (Å²) in [6.07, 6.45) is 3.97. The number of aryl methyl sites for hydroxylation is 2. The van der Waals surface area contributed by atoms with Crippen molar-refractivity contribution in [2.24, 2.45) is 0 Å². The Bertz CT molecular complexity index is 1280. The summed E-state index contributed by atoms with van der Waals surface area (Å²) in [4.78, 5) is 19.6. The number of carbonyl (C=O) groups is 1. The fourth-order valence-electron chi connectivity index (χ4n) is 3.47. The van der Waals surface area contributed by atoms with Crippen LogP contribution in [0.2, 0.25) is 5.02 Å². The van der Waals surface area contributed by atoms with Gasteiger partial charge in [-0.25, -0.2) is 4.98 Å². The number of rotatable bonds is 2. The fourth-order valence-corrected chi connectivity index (χ4v) is 4.48. The molecule has 4 aromatic rings. The van der Waals surface area contributed by atoms with E-state index in [2.05, 4.69) is 54.0 Å². The number of amides is 1. The van der Waals surface area contributed by atoms with Gasteiger partial charge in [0.25, 0.3) is 5.91 Å². The molecule has 2 aromatic carbocycles. The van der Waals surface area contributed by atoms with E-state index in [0.717, 1.165) is 38.0 Å². The summed E-state index contributed by atoms with van der Waals surface area (Å²) in [6, 6.07) is 13.7. The van der Waals surface area contributed by atoms with Gasteiger partial charge in [-0.3, -0.25) is 9.20 Å². The quantitative estimate of drug-likeness (QED) is 0.427. The zero-order chi connectivity index (χ0) is 19.4. The van der Waals surface area contributed by atoms with Crippen molar-refractivity contribution in [1.82, 2.24) is 9.38 Å². The molecule has 6 heteroatoms. The lowest BCUT2D eigenvalue weighted by Gasteiger charge is -2.03. The number of halogens is 1. The highest BCUT2D eigenvalue weighted by Gasteiger charge is 2.26. The lowest BCUT2D eigenvalue weighted by molar-refractivity contribution is -0.110. The number of aromatic nitrogens is 2. The Kier molecular flexibility index (Phi) is 3.89. The fraction of sp³-hybridized carbons (Fsp3) is 0.0909. The lowest BCUT2D eigenvalue weighted by atomic mass is 10.0. The number of fused-ring (bicyclic) bond motifs is 2. The molecule has 28 heavy (non-hydrogen) atoms. The van der Waals surface area contributed by atoms with Crippen molar-refractivity contribution < 1.29 is 4.79 Å². The van der Waals surface area contributed by atoms with Crippen molar-refractivity contribution in [2.45, 2.75) is 13.8 Å². The maximum Gasteiger partial charge on any atom is 0.256 e. The minimum absolute atomic E-state index is 0.131. The maximum atomic E-state index is 12.7. The molecular formula is C22H16ClN3OS. The first kappa shape index (κ1) is 17.2. The van der Waals surface area contributed by atoms with Crippen LogP contribution in [0.3, 0.4) is 0 Å². The Morgan fingerprint density at radius 3 is 2.71 bits per heavy atom. The molecule has 3 heterocycles. The molecule has 1 amide bonds. The van der Waals surface area contributed by atoms with Gasteiger partial charge in [0.05, 0.1) is 17.0 Å². The summed E-state index contributed by atoms with van der Waals surface area (Å²) in [6.45, 7) is 4.12. The number of benzene rings is 2. The number of nitrogens with one attached hydrogen (secondary N) is 1. The van der Waals surface area contributed by atoms with Crippen molar-refractivity contribution in [2.75, 3.05) is 5.32 Å². The zero-order valence-electron chi connectivity index (χ0n) is 15.3. The Labute approximate surface area is 171 Å². The van der Waals surface area contributed by atoms with Gasteiger partial charge in [0.1, 0.15) is 0 Å². The average molecular weight is 406 g/mol. The highest BCUT2D eigenvalue weighted by molar-refractivity contribution is 7.17. The van der Waals surface area contributed by atoms with Gasteiger partial charge >= 0.3 is 0 Å². The normalized spacial score (nSPS) is 14.7. The number of anilines is 1. The third kappa shape index (κ3) is 2.75. The highest BCUT2D eigenvalue weighted by atomic mass is 35.5. The van der Waals surface area contributed by atoms with E-state index in [4.69, 9.17) is 16.6 Å². The van der Waals surface area contributed by atoms with Gasteiger partial charge in [0.2, 0.25) is 0 Å². The third-order valence-corrected chi connectivity index (χ3v) is 5.98. The monoisotopic (exact) mass is 405 g/mol. The van der Waals surface area contributed by atoms with Crippen LogP contribution in [0.1, 0.15) is 21.7 Å². The topological polar surface area (TPSA) is 46.4 Å². The summed E-state index contributed by atoms with van der Waals surface area (Å²) in [5.74, 6) is -0.131. The van der Waals surface area contributed by atoms with Gasteiger partial charge in [0, 0.05) is 32.9 Å². The summed E-state index contributed by atoms with van der Waals surface area (Å²) in [7, 11) is 0. The third-order valence-electron chi connectivity index (χ3n) is 4.85. The lowest BCUT2D eigenvalue weighted by Crippen LogP contribution is -2.04. The second-order valence-electron chi connectivity index (χ2n) is 6.91. The molecule has 0 atom stereocenters. The van der Waals surface area contributed by atoms with Crippen LogP contribution in [-0.4, -0.2) is 15.3 Å². The summed E-state index contributed by atoms with van der Waals surface area (Å²) in [5, 5.41) is 3.52. The molecule has 0 unspecified atom stereocenters. The SMILES string of the molecule is Cc1ccc(-c2nc3sc(C)cn3c2/C=C2\C(=O)Nc3ccc(Cl)cc32)cc1. The molecule has 2 aromatic heterocycles. The van der Waals surface area contributed by atoms with E-state index < -0.39 is 0 Å². The smallest absolute Gasteiger partial charge is 0.256 e. The van der Waals surface area contributed by atoms with Gasteiger partial charge in [-0.15, -0.1) is 11.3 Å².